The molecule has 4 heterocycles. The summed E-state index contributed by atoms with van der Waals surface area (Å²) in [5, 5.41) is 4.32. The molecule has 3 aromatic heterocycles. The van der Waals surface area contributed by atoms with Crippen LogP contribution in [0.1, 0.15) is 30.7 Å². The Morgan fingerprint density at radius 1 is 1.14 bits per heavy atom. The zero-order valence-corrected chi connectivity index (χ0v) is 16.4. The number of ether oxygens (including phenoxy) is 1. The number of aromatic nitrogens is 4. The molecule has 0 amide bonds. The lowest BCUT2D eigenvalue weighted by Crippen LogP contribution is -2.43. The molecule has 1 fully saturated rings. The summed E-state index contributed by atoms with van der Waals surface area (Å²) in [7, 11) is 1.70. The molecule has 0 N–H and O–H groups in total. The SMILES string of the molecule is COCCC1(c2noc(-c3ccncc3)n2)CCN(Cc2ccncc2F)CC1. The van der Waals surface area contributed by atoms with Gasteiger partial charge in [0.05, 0.1) is 6.20 Å². The topological polar surface area (TPSA) is 77.2 Å². The summed E-state index contributed by atoms with van der Waals surface area (Å²) >= 11 is 0. The minimum atomic E-state index is -0.260. The third kappa shape index (κ3) is 4.33. The molecule has 1 aliphatic heterocycles. The van der Waals surface area contributed by atoms with E-state index in [9.17, 15) is 4.39 Å². The second-order valence-electron chi connectivity index (χ2n) is 7.43. The number of halogens is 1. The van der Waals surface area contributed by atoms with Crippen LogP contribution in [0.3, 0.4) is 0 Å². The maximum Gasteiger partial charge on any atom is 0.258 e. The van der Waals surface area contributed by atoms with Crippen molar-refractivity contribution in [3.05, 3.63) is 60.2 Å². The van der Waals surface area contributed by atoms with Crippen LogP contribution in [0.4, 0.5) is 4.39 Å². The largest absolute Gasteiger partial charge is 0.385 e. The van der Waals surface area contributed by atoms with Crippen molar-refractivity contribution in [2.45, 2.75) is 31.2 Å². The molecule has 0 unspecified atom stereocenters. The Morgan fingerprint density at radius 2 is 1.90 bits per heavy atom. The Kier molecular flexibility index (Phi) is 5.92. The standard InChI is InChI=1S/C21H24FN5O2/c1-28-13-7-21(20-25-19(29-26-20)16-2-8-23-9-3-16)5-11-27(12-6-21)15-17-4-10-24-14-18(17)22/h2-4,8-10,14H,5-7,11-13,15H2,1H3. The summed E-state index contributed by atoms with van der Waals surface area (Å²) in [6, 6.07) is 5.44. The molecule has 8 heteroatoms. The fourth-order valence-electron chi connectivity index (χ4n) is 3.85. The van der Waals surface area contributed by atoms with E-state index in [-0.39, 0.29) is 11.2 Å². The Morgan fingerprint density at radius 3 is 2.62 bits per heavy atom. The van der Waals surface area contributed by atoms with Gasteiger partial charge < -0.3 is 9.26 Å². The highest BCUT2D eigenvalue weighted by atomic mass is 19.1. The van der Waals surface area contributed by atoms with Gasteiger partial charge >= 0.3 is 0 Å². The van der Waals surface area contributed by atoms with E-state index in [0.717, 1.165) is 43.7 Å². The quantitative estimate of drug-likeness (QED) is 0.606. The van der Waals surface area contributed by atoms with E-state index in [0.29, 0.717) is 24.6 Å². The summed E-state index contributed by atoms with van der Waals surface area (Å²) in [6.45, 7) is 2.84. The molecule has 4 rings (SSSR count). The number of rotatable bonds is 7. The fraction of sp³-hybridized carbons (Fsp3) is 0.429. The number of pyridine rings is 2. The van der Waals surface area contributed by atoms with Crippen LogP contribution in [0, 0.1) is 5.82 Å². The molecule has 0 saturated carbocycles. The van der Waals surface area contributed by atoms with Crippen LogP contribution < -0.4 is 0 Å². The van der Waals surface area contributed by atoms with E-state index >= 15 is 0 Å². The van der Waals surface area contributed by atoms with Gasteiger partial charge in [0.15, 0.2) is 5.82 Å². The number of hydrogen-bond acceptors (Lipinski definition) is 7. The Bertz CT molecular complexity index is 926. The number of likely N-dealkylation sites (tertiary alicyclic amines) is 1. The van der Waals surface area contributed by atoms with Crippen LogP contribution in [0.15, 0.2) is 47.5 Å². The first-order chi connectivity index (χ1) is 14.2. The van der Waals surface area contributed by atoms with E-state index in [1.807, 2.05) is 12.1 Å². The molecule has 0 bridgehead atoms. The van der Waals surface area contributed by atoms with Gasteiger partial charge in [0.1, 0.15) is 5.82 Å². The van der Waals surface area contributed by atoms with Crippen LogP contribution in [-0.2, 0) is 16.7 Å². The predicted molar refractivity (Wildman–Crippen MR) is 104 cm³/mol. The zero-order chi connectivity index (χ0) is 20.1. The molecule has 0 aromatic carbocycles. The highest BCUT2D eigenvalue weighted by Gasteiger charge is 2.40. The number of nitrogens with zero attached hydrogens (tertiary/aromatic N) is 5. The molecule has 29 heavy (non-hydrogen) atoms. The molecule has 0 aliphatic carbocycles. The minimum Gasteiger partial charge on any atom is -0.385 e. The lowest BCUT2D eigenvalue weighted by molar-refractivity contribution is 0.102. The molecular weight excluding hydrogens is 373 g/mol. The van der Waals surface area contributed by atoms with Gasteiger partial charge in [0.25, 0.3) is 5.89 Å². The Balaban J connectivity index is 1.50. The van der Waals surface area contributed by atoms with Gasteiger partial charge in [-0.25, -0.2) is 4.39 Å². The summed E-state index contributed by atoms with van der Waals surface area (Å²) in [5.74, 6) is 0.959. The summed E-state index contributed by atoms with van der Waals surface area (Å²) in [4.78, 5) is 14.8. The van der Waals surface area contributed by atoms with E-state index in [4.69, 9.17) is 14.2 Å². The first-order valence-corrected chi connectivity index (χ1v) is 9.74. The molecule has 152 valence electrons. The Hall–Kier alpha value is -2.71. The average molecular weight is 397 g/mol. The maximum absolute atomic E-state index is 13.9. The van der Waals surface area contributed by atoms with Gasteiger partial charge in [0.2, 0.25) is 0 Å². The average Bonchev–Trinajstić information content (AvgIpc) is 3.27. The van der Waals surface area contributed by atoms with E-state index in [2.05, 4.69) is 20.0 Å². The van der Waals surface area contributed by atoms with Gasteiger partial charge in [-0.15, -0.1) is 0 Å². The smallest absolute Gasteiger partial charge is 0.258 e. The maximum atomic E-state index is 13.9. The van der Waals surface area contributed by atoms with Crippen molar-refractivity contribution < 1.29 is 13.7 Å². The molecule has 1 saturated heterocycles. The number of methoxy groups -OCH3 is 1. The van der Waals surface area contributed by atoms with E-state index in [1.165, 1.54) is 6.20 Å². The van der Waals surface area contributed by atoms with Gasteiger partial charge in [-0.3, -0.25) is 14.9 Å². The van der Waals surface area contributed by atoms with Crippen molar-refractivity contribution in [1.82, 2.24) is 25.0 Å². The molecule has 0 spiro atoms. The van der Waals surface area contributed by atoms with Crippen molar-refractivity contribution in [2.75, 3.05) is 26.8 Å². The lowest BCUT2D eigenvalue weighted by atomic mass is 9.75. The van der Waals surface area contributed by atoms with Crippen molar-refractivity contribution in [3.8, 4) is 11.5 Å². The van der Waals surface area contributed by atoms with Crippen molar-refractivity contribution >= 4 is 0 Å². The first kappa shape index (κ1) is 19.6. The molecule has 3 aromatic rings. The molecule has 0 radical (unpaired) electrons. The van der Waals surface area contributed by atoms with Crippen LogP contribution >= 0.6 is 0 Å². The van der Waals surface area contributed by atoms with Gasteiger partial charge in [0, 0.05) is 55.4 Å². The third-order valence-electron chi connectivity index (χ3n) is 5.68. The molecule has 7 nitrogen and oxygen atoms in total. The van der Waals surface area contributed by atoms with Crippen LogP contribution in [-0.4, -0.2) is 51.8 Å². The van der Waals surface area contributed by atoms with Crippen molar-refractivity contribution in [1.29, 1.82) is 0 Å². The van der Waals surface area contributed by atoms with Crippen molar-refractivity contribution in [2.24, 2.45) is 0 Å². The van der Waals surface area contributed by atoms with Gasteiger partial charge in [-0.05, 0) is 50.6 Å². The molecular formula is C21H24FN5O2. The first-order valence-electron chi connectivity index (χ1n) is 9.74. The lowest BCUT2D eigenvalue weighted by Gasteiger charge is -2.39. The molecule has 1 aliphatic rings. The highest BCUT2D eigenvalue weighted by Crippen LogP contribution is 2.38. The van der Waals surface area contributed by atoms with E-state index in [1.54, 1.807) is 31.8 Å². The predicted octanol–water partition coefficient (Wildman–Crippen LogP) is 3.24. The van der Waals surface area contributed by atoms with E-state index < -0.39 is 0 Å². The summed E-state index contributed by atoms with van der Waals surface area (Å²) in [5.41, 5.74) is 1.31. The second-order valence-corrected chi connectivity index (χ2v) is 7.43. The van der Waals surface area contributed by atoms with Crippen LogP contribution in [0.25, 0.3) is 11.5 Å². The van der Waals surface area contributed by atoms with Gasteiger partial charge in [-0.2, -0.15) is 4.98 Å². The zero-order valence-electron chi connectivity index (χ0n) is 16.4. The molecule has 0 atom stereocenters. The van der Waals surface area contributed by atoms with Crippen LogP contribution in [0.5, 0.6) is 0 Å². The monoisotopic (exact) mass is 397 g/mol. The second kappa shape index (κ2) is 8.75. The number of piperidine rings is 1. The fourth-order valence-corrected chi connectivity index (χ4v) is 3.85. The minimum absolute atomic E-state index is 0.210. The van der Waals surface area contributed by atoms with Crippen molar-refractivity contribution in [3.63, 3.8) is 0 Å². The summed E-state index contributed by atoms with van der Waals surface area (Å²) in [6.07, 6.45) is 8.84. The highest BCUT2D eigenvalue weighted by molar-refractivity contribution is 5.51. The van der Waals surface area contributed by atoms with Gasteiger partial charge in [-0.1, -0.05) is 5.16 Å². The Labute approximate surface area is 168 Å². The van der Waals surface area contributed by atoms with Crippen LogP contribution in [0.2, 0.25) is 0 Å². The normalized spacial score (nSPS) is 16.8. The third-order valence-corrected chi connectivity index (χ3v) is 5.68. The summed E-state index contributed by atoms with van der Waals surface area (Å²) < 4.78 is 24.9. The number of hydrogen-bond donors (Lipinski definition) is 0.